The van der Waals surface area contributed by atoms with Gasteiger partial charge in [0.25, 0.3) is 0 Å². The number of hydrogen-bond acceptors (Lipinski definition) is 2. The molecule has 0 N–H and O–H groups in total. The van der Waals surface area contributed by atoms with Crippen LogP contribution >= 0.6 is 0 Å². The lowest BCUT2D eigenvalue weighted by molar-refractivity contribution is -0.122. The van der Waals surface area contributed by atoms with Crippen LogP contribution in [0.2, 0.25) is 0 Å². The summed E-state index contributed by atoms with van der Waals surface area (Å²) in [5, 5.41) is 0. The first-order valence-corrected chi connectivity index (χ1v) is 7.54. The highest BCUT2D eigenvalue weighted by Crippen LogP contribution is 2.49. The van der Waals surface area contributed by atoms with Gasteiger partial charge < -0.3 is 4.74 Å². The average molecular weight is 270 g/mol. The maximum atomic E-state index is 11.5. The molecule has 2 nitrogen and oxygen atoms in total. The summed E-state index contributed by atoms with van der Waals surface area (Å²) in [4.78, 5) is 11.5. The quantitative estimate of drug-likeness (QED) is 0.778. The number of ketones is 1. The zero-order chi connectivity index (χ0) is 14.0. The molecule has 0 amide bonds. The lowest BCUT2D eigenvalue weighted by Gasteiger charge is -2.38. The van der Waals surface area contributed by atoms with Gasteiger partial charge in [-0.15, -0.1) is 0 Å². The van der Waals surface area contributed by atoms with Crippen LogP contribution in [0.1, 0.15) is 37.7 Å². The van der Waals surface area contributed by atoms with Crippen LogP contribution < -0.4 is 4.74 Å². The summed E-state index contributed by atoms with van der Waals surface area (Å²) in [5.74, 6) is 2.01. The van der Waals surface area contributed by atoms with Crippen molar-refractivity contribution in [3.05, 3.63) is 42.0 Å². The predicted molar refractivity (Wildman–Crippen MR) is 79.9 cm³/mol. The fourth-order valence-corrected chi connectivity index (χ4v) is 3.74. The number of hydrogen-bond donors (Lipinski definition) is 0. The van der Waals surface area contributed by atoms with Gasteiger partial charge in [0.05, 0.1) is 7.11 Å². The summed E-state index contributed by atoms with van der Waals surface area (Å²) in [6.07, 6.45) is 10.6. The van der Waals surface area contributed by atoms with Gasteiger partial charge in [-0.3, -0.25) is 4.79 Å². The molecule has 0 aromatic heterocycles. The molecule has 1 atom stereocenters. The van der Waals surface area contributed by atoms with E-state index in [2.05, 4.69) is 24.3 Å². The highest BCUT2D eigenvalue weighted by atomic mass is 16.5. The van der Waals surface area contributed by atoms with E-state index in [1.165, 1.54) is 5.56 Å². The molecule has 1 unspecified atom stereocenters. The second kappa shape index (κ2) is 5.43. The minimum atomic E-state index is 0.286. The van der Waals surface area contributed by atoms with Gasteiger partial charge in [0.2, 0.25) is 0 Å². The summed E-state index contributed by atoms with van der Waals surface area (Å²) in [5.41, 5.74) is 1.66. The van der Waals surface area contributed by atoms with Crippen molar-refractivity contribution in [2.24, 2.45) is 11.3 Å². The molecule has 1 fully saturated rings. The SMILES string of the molecule is COc1ccc(CC2CC=CC23CCC(=O)CC3)cc1. The number of Topliss-reactive ketones (excluding diaryl/α,β-unsaturated/α-hetero) is 1. The zero-order valence-corrected chi connectivity index (χ0v) is 12.1. The molecule has 2 aliphatic rings. The number of ether oxygens (including phenoxy) is 1. The van der Waals surface area contributed by atoms with E-state index in [4.69, 9.17) is 4.74 Å². The highest BCUT2D eigenvalue weighted by Gasteiger charge is 2.41. The molecule has 0 bridgehead atoms. The molecule has 2 aliphatic carbocycles. The van der Waals surface area contributed by atoms with Gasteiger partial charge in [-0.1, -0.05) is 24.3 Å². The Balaban J connectivity index is 1.71. The number of rotatable bonds is 3. The van der Waals surface area contributed by atoms with Gasteiger partial charge in [0.1, 0.15) is 11.5 Å². The maximum absolute atomic E-state index is 11.5. The summed E-state index contributed by atoms with van der Waals surface area (Å²) in [7, 11) is 1.70. The van der Waals surface area contributed by atoms with E-state index in [1.54, 1.807) is 7.11 Å². The lowest BCUT2D eigenvalue weighted by atomic mass is 9.66. The number of methoxy groups -OCH3 is 1. The molecule has 20 heavy (non-hydrogen) atoms. The van der Waals surface area contributed by atoms with Crippen molar-refractivity contribution >= 4 is 5.78 Å². The molecule has 1 aromatic carbocycles. The lowest BCUT2D eigenvalue weighted by Crippen LogP contribution is -2.32. The Morgan fingerprint density at radius 1 is 1.20 bits per heavy atom. The first kappa shape index (κ1) is 13.4. The van der Waals surface area contributed by atoms with E-state index in [0.29, 0.717) is 11.7 Å². The van der Waals surface area contributed by atoms with Crippen molar-refractivity contribution in [3.8, 4) is 5.75 Å². The molecule has 106 valence electrons. The van der Waals surface area contributed by atoms with Crippen molar-refractivity contribution < 1.29 is 9.53 Å². The van der Waals surface area contributed by atoms with Crippen LogP contribution in [0.5, 0.6) is 5.75 Å². The molecule has 0 aliphatic heterocycles. The number of carbonyl (C=O) groups is 1. The smallest absolute Gasteiger partial charge is 0.132 e. The summed E-state index contributed by atoms with van der Waals surface area (Å²) in [6.45, 7) is 0. The van der Waals surface area contributed by atoms with E-state index < -0.39 is 0 Å². The third-order valence-electron chi connectivity index (χ3n) is 5.06. The van der Waals surface area contributed by atoms with Crippen LogP contribution in [-0.4, -0.2) is 12.9 Å². The molecule has 1 spiro atoms. The first-order valence-electron chi connectivity index (χ1n) is 7.54. The monoisotopic (exact) mass is 270 g/mol. The third kappa shape index (κ3) is 2.52. The predicted octanol–water partition coefficient (Wildman–Crippen LogP) is 3.94. The highest BCUT2D eigenvalue weighted by molar-refractivity contribution is 5.79. The van der Waals surface area contributed by atoms with E-state index in [9.17, 15) is 4.79 Å². The molecule has 0 heterocycles. The van der Waals surface area contributed by atoms with Crippen LogP contribution in [0.25, 0.3) is 0 Å². The van der Waals surface area contributed by atoms with E-state index in [1.807, 2.05) is 12.1 Å². The van der Waals surface area contributed by atoms with Gasteiger partial charge in [-0.25, -0.2) is 0 Å². The standard InChI is InChI=1S/C18H22O2/c1-20-17-6-4-14(5-7-17)13-15-3-2-10-18(15)11-8-16(19)9-12-18/h2,4-7,10,15H,3,8-9,11-13H2,1H3. The van der Waals surface area contributed by atoms with Crippen molar-refractivity contribution in [2.45, 2.75) is 38.5 Å². The fourth-order valence-electron chi connectivity index (χ4n) is 3.74. The van der Waals surface area contributed by atoms with Gasteiger partial charge in [-0.2, -0.15) is 0 Å². The van der Waals surface area contributed by atoms with Crippen molar-refractivity contribution in [1.29, 1.82) is 0 Å². The van der Waals surface area contributed by atoms with Gasteiger partial charge in [0, 0.05) is 12.8 Å². The van der Waals surface area contributed by atoms with E-state index >= 15 is 0 Å². The van der Waals surface area contributed by atoms with E-state index in [0.717, 1.165) is 44.3 Å². The Morgan fingerprint density at radius 2 is 1.90 bits per heavy atom. The Hall–Kier alpha value is -1.57. The minimum Gasteiger partial charge on any atom is -0.497 e. The molecule has 1 saturated carbocycles. The third-order valence-corrected chi connectivity index (χ3v) is 5.06. The molecule has 2 heteroatoms. The van der Waals surface area contributed by atoms with Crippen molar-refractivity contribution in [3.63, 3.8) is 0 Å². The van der Waals surface area contributed by atoms with Gasteiger partial charge >= 0.3 is 0 Å². The Labute approximate surface area is 120 Å². The van der Waals surface area contributed by atoms with Crippen LogP contribution in [-0.2, 0) is 11.2 Å². The maximum Gasteiger partial charge on any atom is 0.132 e. The number of carbonyl (C=O) groups excluding carboxylic acids is 1. The average Bonchev–Trinajstić information content (AvgIpc) is 2.86. The first-order chi connectivity index (χ1) is 9.72. The molecular weight excluding hydrogens is 248 g/mol. The topological polar surface area (TPSA) is 26.3 Å². The summed E-state index contributed by atoms with van der Waals surface area (Å²) >= 11 is 0. The molecule has 1 aromatic rings. The Bertz CT molecular complexity index is 503. The Kier molecular flexibility index (Phi) is 3.64. The second-order valence-corrected chi connectivity index (χ2v) is 6.16. The van der Waals surface area contributed by atoms with Crippen LogP contribution in [0.3, 0.4) is 0 Å². The van der Waals surface area contributed by atoms with Gasteiger partial charge in [-0.05, 0) is 54.7 Å². The van der Waals surface area contributed by atoms with Crippen LogP contribution in [0.4, 0.5) is 0 Å². The summed E-state index contributed by atoms with van der Waals surface area (Å²) < 4.78 is 5.21. The van der Waals surface area contributed by atoms with Crippen LogP contribution in [0, 0.1) is 11.3 Å². The Morgan fingerprint density at radius 3 is 2.55 bits per heavy atom. The van der Waals surface area contributed by atoms with Gasteiger partial charge in [0.15, 0.2) is 0 Å². The zero-order valence-electron chi connectivity index (χ0n) is 12.1. The van der Waals surface area contributed by atoms with E-state index in [-0.39, 0.29) is 5.41 Å². The minimum absolute atomic E-state index is 0.286. The largest absolute Gasteiger partial charge is 0.497 e. The normalized spacial score (nSPS) is 24.2. The van der Waals surface area contributed by atoms with Crippen molar-refractivity contribution in [2.75, 3.05) is 7.11 Å². The molecule has 0 saturated heterocycles. The number of benzene rings is 1. The molecule has 3 rings (SSSR count). The second-order valence-electron chi connectivity index (χ2n) is 6.16. The van der Waals surface area contributed by atoms with Crippen molar-refractivity contribution in [1.82, 2.24) is 0 Å². The molecular formula is C18H22O2. The fraction of sp³-hybridized carbons (Fsp3) is 0.500. The summed E-state index contributed by atoms with van der Waals surface area (Å²) in [6, 6.07) is 8.40. The van der Waals surface area contributed by atoms with Crippen LogP contribution in [0.15, 0.2) is 36.4 Å². The number of allylic oxidation sites excluding steroid dienone is 2. The molecule has 0 radical (unpaired) electrons.